The molecular weight excluding hydrogens is 313 g/mol. The number of nitrogens with two attached hydrogens (primary N) is 1. The Labute approximate surface area is 137 Å². The molecule has 1 atom stereocenters. The molecule has 1 saturated heterocycles. The van der Waals surface area contributed by atoms with Crippen LogP contribution in [0.4, 0.5) is 10.1 Å². The fourth-order valence-corrected chi connectivity index (χ4v) is 3.57. The van der Waals surface area contributed by atoms with E-state index < -0.39 is 17.3 Å². The highest BCUT2D eigenvalue weighted by Gasteiger charge is 2.34. The second kappa shape index (κ2) is 5.31. The summed E-state index contributed by atoms with van der Waals surface area (Å²) >= 11 is 0. The Kier molecular flexibility index (Phi) is 3.35. The van der Waals surface area contributed by atoms with Crippen LogP contribution in [0.1, 0.15) is 41.1 Å². The molecule has 7 heteroatoms. The number of carboxylic acid groups (broad SMARTS) is 1. The number of anilines is 1. The molecule has 2 aliphatic rings. The number of nitrogens with zero attached hydrogens (tertiary/aromatic N) is 2. The standard InChI is InChI=1S/C17H18FN3O3/c18-12-8-21-13(4-3-11(16(21)22)17(23)24)14(9-1-2-9)15(12)20-6-5-10(19)7-20/h3-4,8-10H,1-2,5-7,19H2,(H,23,24). The van der Waals surface area contributed by atoms with Gasteiger partial charge in [-0.25, -0.2) is 9.18 Å². The zero-order valence-corrected chi connectivity index (χ0v) is 13.0. The number of halogens is 1. The number of carboxylic acids is 1. The summed E-state index contributed by atoms with van der Waals surface area (Å²) in [7, 11) is 0. The van der Waals surface area contributed by atoms with E-state index in [2.05, 4.69) is 0 Å². The summed E-state index contributed by atoms with van der Waals surface area (Å²) < 4.78 is 16.0. The lowest BCUT2D eigenvalue weighted by Crippen LogP contribution is -2.29. The van der Waals surface area contributed by atoms with E-state index in [1.807, 2.05) is 4.90 Å². The van der Waals surface area contributed by atoms with Crippen LogP contribution < -0.4 is 16.2 Å². The number of hydrogen-bond acceptors (Lipinski definition) is 4. The van der Waals surface area contributed by atoms with Crippen molar-refractivity contribution in [2.24, 2.45) is 5.73 Å². The Morgan fingerprint density at radius 2 is 2.04 bits per heavy atom. The minimum atomic E-state index is -1.31. The van der Waals surface area contributed by atoms with Gasteiger partial charge < -0.3 is 15.7 Å². The number of hydrogen-bond donors (Lipinski definition) is 2. The normalized spacial score (nSPS) is 20.8. The molecule has 1 saturated carbocycles. The van der Waals surface area contributed by atoms with Gasteiger partial charge in [-0.2, -0.15) is 0 Å². The third-order valence-electron chi connectivity index (χ3n) is 4.87. The third kappa shape index (κ3) is 2.27. The first kappa shape index (κ1) is 15.1. The van der Waals surface area contributed by atoms with Crippen molar-refractivity contribution in [3.63, 3.8) is 0 Å². The Hall–Kier alpha value is -2.41. The molecule has 1 aliphatic carbocycles. The van der Waals surface area contributed by atoms with Gasteiger partial charge in [0, 0.05) is 24.7 Å². The molecule has 2 aromatic heterocycles. The lowest BCUT2D eigenvalue weighted by atomic mass is 10.0. The van der Waals surface area contributed by atoms with Gasteiger partial charge in [-0.05, 0) is 37.3 Å². The van der Waals surface area contributed by atoms with E-state index in [1.165, 1.54) is 6.07 Å². The summed E-state index contributed by atoms with van der Waals surface area (Å²) in [5.41, 5.74) is 6.81. The van der Waals surface area contributed by atoms with Crippen molar-refractivity contribution in [1.82, 2.24) is 4.40 Å². The average molecular weight is 331 g/mol. The highest BCUT2D eigenvalue weighted by Crippen LogP contribution is 2.47. The zero-order chi connectivity index (χ0) is 17.0. The summed E-state index contributed by atoms with van der Waals surface area (Å²) in [5.74, 6) is -1.60. The number of rotatable bonds is 3. The molecule has 2 fully saturated rings. The Bertz CT molecular complexity index is 904. The van der Waals surface area contributed by atoms with Gasteiger partial charge in [-0.1, -0.05) is 0 Å². The Morgan fingerprint density at radius 1 is 1.29 bits per heavy atom. The molecule has 24 heavy (non-hydrogen) atoms. The Morgan fingerprint density at radius 3 is 2.62 bits per heavy atom. The lowest BCUT2D eigenvalue weighted by molar-refractivity contribution is 0.0694. The quantitative estimate of drug-likeness (QED) is 0.891. The van der Waals surface area contributed by atoms with E-state index in [4.69, 9.17) is 10.8 Å². The minimum Gasteiger partial charge on any atom is -0.477 e. The summed E-state index contributed by atoms with van der Waals surface area (Å²) in [6, 6.07) is 2.94. The van der Waals surface area contributed by atoms with Crippen molar-refractivity contribution in [1.29, 1.82) is 0 Å². The van der Waals surface area contributed by atoms with Crippen molar-refractivity contribution in [3.8, 4) is 0 Å². The molecule has 0 amide bonds. The monoisotopic (exact) mass is 331 g/mol. The smallest absolute Gasteiger partial charge is 0.341 e. The largest absolute Gasteiger partial charge is 0.477 e. The van der Waals surface area contributed by atoms with Gasteiger partial charge >= 0.3 is 5.97 Å². The van der Waals surface area contributed by atoms with Crippen LogP contribution in [-0.4, -0.2) is 34.6 Å². The molecular formula is C17H18FN3O3. The predicted molar refractivity (Wildman–Crippen MR) is 87.4 cm³/mol. The van der Waals surface area contributed by atoms with Gasteiger partial charge in [0.2, 0.25) is 0 Å². The van der Waals surface area contributed by atoms with Crippen LogP contribution in [0, 0.1) is 5.82 Å². The maximum atomic E-state index is 14.9. The predicted octanol–water partition coefficient (Wildman–Crippen LogP) is 1.55. The van der Waals surface area contributed by atoms with E-state index in [-0.39, 0.29) is 17.5 Å². The van der Waals surface area contributed by atoms with E-state index >= 15 is 0 Å². The van der Waals surface area contributed by atoms with Gasteiger partial charge in [0.15, 0.2) is 5.82 Å². The SMILES string of the molecule is NC1CCN(c2c(F)cn3c(=O)c(C(=O)O)ccc3c2C2CC2)C1. The van der Waals surface area contributed by atoms with Crippen LogP contribution in [0.5, 0.6) is 0 Å². The summed E-state index contributed by atoms with van der Waals surface area (Å²) in [6.45, 7) is 1.27. The average Bonchev–Trinajstić information content (AvgIpc) is 3.28. The zero-order valence-electron chi connectivity index (χ0n) is 13.0. The molecule has 0 bridgehead atoms. The highest BCUT2D eigenvalue weighted by atomic mass is 19.1. The van der Waals surface area contributed by atoms with Crippen molar-refractivity contribution in [2.45, 2.75) is 31.2 Å². The molecule has 6 nitrogen and oxygen atoms in total. The van der Waals surface area contributed by atoms with Crippen LogP contribution in [-0.2, 0) is 0 Å². The van der Waals surface area contributed by atoms with E-state index in [9.17, 15) is 14.0 Å². The molecule has 0 radical (unpaired) electrons. The second-order valence-corrected chi connectivity index (χ2v) is 6.62. The first-order chi connectivity index (χ1) is 11.5. The maximum Gasteiger partial charge on any atom is 0.341 e. The van der Waals surface area contributed by atoms with Crippen LogP contribution >= 0.6 is 0 Å². The van der Waals surface area contributed by atoms with Gasteiger partial charge in [0.05, 0.1) is 17.4 Å². The molecule has 2 aromatic rings. The molecule has 3 heterocycles. The van der Waals surface area contributed by atoms with Crippen LogP contribution in [0.3, 0.4) is 0 Å². The van der Waals surface area contributed by atoms with Crippen LogP contribution in [0.25, 0.3) is 5.52 Å². The second-order valence-electron chi connectivity index (χ2n) is 6.62. The molecule has 0 aromatic carbocycles. The van der Waals surface area contributed by atoms with Crippen LogP contribution in [0.15, 0.2) is 23.1 Å². The maximum absolute atomic E-state index is 14.9. The van der Waals surface area contributed by atoms with Gasteiger partial charge in [0.25, 0.3) is 5.56 Å². The molecule has 126 valence electrons. The number of fused-ring (bicyclic) bond motifs is 1. The summed E-state index contributed by atoms with van der Waals surface area (Å²) in [6.07, 6.45) is 3.80. The van der Waals surface area contributed by atoms with E-state index in [0.29, 0.717) is 24.3 Å². The Balaban J connectivity index is 1.99. The van der Waals surface area contributed by atoms with Gasteiger partial charge in [-0.3, -0.25) is 9.20 Å². The van der Waals surface area contributed by atoms with Gasteiger partial charge in [-0.15, -0.1) is 0 Å². The fraction of sp³-hybridized carbons (Fsp3) is 0.412. The minimum absolute atomic E-state index is 0.0178. The van der Waals surface area contributed by atoms with Crippen molar-refractivity contribution in [2.75, 3.05) is 18.0 Å². The number of aromatic carboxylic acids is 1. The summed E-state index contributed by atoms with van der Waals surface area (Å²) in [4.78, 5) is 25.5. The number of aromatic nitrogens is 1. The first-order valence-electron chi connectivity index (χ1n) is 8.09. The van der Waals surface area contributed by atoms with Crippen LogP contribution in [0.2, 0.25) is 0 Å². The molecule has 3 N–H and O–H groups in total. The summed E-state index contributed by atoms with van der Waals surface area (Å²) in [5, 5.41) is 9.11. The first-order valence-corrected chi connectivity index (χ1v) is 8.09. The third-order valence-corrected chi connectivity index (χ3v) is 4.87. The molecule has 0 spiro atoms. The lowest BCUT2D eigenvalue weighted by Gasteiger charge is -2.24. The topological polar surface area (TPSA) is 88.0 Å². The van der Waals surface area contributed by atoms with Crippen molar-refractivity contribution < 1.29 is 14.3 Å². The molecule has 4 rings (SSSR count). The van der Waals surface area contributed by atoms with Crippen molar-refractivity contribution >= 4 is 17.2 Å². The van der Waals surface area contributed by atoms with E-state index in [0.717, 1.165) is 35.4 Å². The van der Waals surface area contributed by atoms with Crippen molar-refractivity contribution in [3.05, 3.63) is 45.6 Å². The van der Waals surface area contributed by atoms with Gasteiger partial charge in [0.1, 0.15) is 5.56 Å². The highest BCUT2D eigenvalue weighted by molar-refractivity contribution is 5.88. The molecule has 1 aliphatic heterocycles. The van der Waals surface area contributed by atoms with E-state index in [1.54, 1.807) is 6.07 Å². The number of pyridine rings is 2. The molecule has 1 unspecified atom stereocenters. The fourth-order valence-electron chi connectivity index (χ4n) is 3.57. The number of carbonyl (C=O) groups is 1.